The van der Waals surface area contributed by atoms with Crippen molar-refractivity contribution in [2.75, 3.05) is 0 Å². The maximum absolute atomic E-state index is 6.55. The van der Waals surface area contributed by atoms with Gasteiger partial charge in [-0.05, 0) is 70.8 Å². The Morgan fingerprint density at radius 2 is 0.842 bits per heavy atom. The van der Waals surface area contributed by atoms with Gasteiger partial charge in [-0.3, -0.25) is 0 Å². The lowest BCUT2D eigenvalue weighted by molar-refractivity contribution is 0.669. The van der Waals surface area contributed by atoms with E-state index in [4.69, 9.17) is 23.8 Å². The summed E-state index contributed by atoms with van der Waals surface area (Å²) in [5.41, 5.74) is 10.8. The first-order chi connectivity index (χ1) is 28.2. The topological polar surface area (TPSA) is 65.0 Å². The van der Waals surface area contributed by atoms with Crippen LogP contribution in [0.1, 0.15) is 0 Å². The molecule has 0 spiro atoms. The van der Waals surface area contributed by atoms with E-state index in [1.54, 1.807) is 11.3 Å². The van der Waals surface area contributed by atoms with E-state index in [1.807, 2.05) is 84.9 Å². The van der Waals surface area contributed by atoms with E-state index in [-0.39, 0.29) is 0 Å². The molecular weight excluding hydrogens is 719 g/mol. The quantitative estimate of drug-likeness (QED) is 0.175. The van der Waals surface area contributed by atoms with Crippen LogP contribution in [0.15, 0.2) is 185 Å². The molecule has 0 unspecified atom stereocenters. The van der Waals surface area contributed by atoms with Gasteiger partial charge in [0.15, 0.2) is 17.5 Å². The van der Waals surface area contributed by atoms with E-state index >= 15 is 0 Å². The van der Waals surface area contributed by atoms with Gasteiger partial charge >= 0.3 is 0 Å². The number of hydrogen-bond acceptors (Lipinski definition) is 6. The number of aromatic nitrogens is 3. The molecule has 0 saturated carbocycles. The molecule has 0 saturated heterocycles. The van der Waals surface area contributed by atoms with Crippen LogP contribution in [0.2, 0.25) is 0 Å². The van der Waals surface area contributed by atoms with Crippen molar-refractivity contribution in [3.63, 3.8) is 0 Å². The molecule has 266 valence electrons. The van der Waals surface area contributed by atoms with Crippen molar-refractivity contribution < 1.29 is 8.83 Å². The minimum atomic E-state index is 0.649. The van der Waals surface area contributed by atoms with Crippen molar-refractivity contribution >= 4 is 75.4 Å². The standard InChI is InChI=1S/C51H29N3O2S/c1-3-11-30(12-4-1)49-52-50(31-13-5-2-6-14-31)54-51(53-49)34-20-23-38-37-22-19-32(28-46(37)57-47(38)29-34)35-26-40(48-39-16-8-10-18-43(39)56-45(48)27-35)33-21-24-44-41(25-33)36-15-7-9-17-42(36)55-44/h1-29H. The molecule has 12 rings (SSSR count). The third-order valence-electron chi connectivity index (χ3n) is 10.9. The first kappa shape index (κ1) is 31.9. The largest absolute Gasteiger partial charge is 0.456 e. The second-order valence-corrected chi connectivity index (χ2v) is 15.5. The normalized spacial score (nSPS) is 11.9. The molecule has 0 fully saturated rings. The predicted octanol–water partition coefficient (Wildman–Crippen LogP) is 14.4. The number of nitrogens with zero attached hydrogens (tertiary/aromatic N) is 3. The highest BCUT2D eigenvalue weighted by Crippen LogP contribution is 2.44. The van der Waals surface area contributed by atoms with Gasteiger partial charge in [0.1, 0.15) is 22.3 Å². The Morgan fingerprint density at radius 3 is 1.54 bits per heavy atom. The van der Waals surface area contributed by atoms with E-state index < -0.39 is 0 Å². The predicted molar refractivity (Wildman–Crippen MR) is 234 cm³/mol. The van der Waals surface area contributed by atoms with Gasteiger partial charge in [-0.2, -0.15) is 0 Å². The lowest BCUT2D eigenvalue weighted by Crippen LogP contribution is -1.99. The van der Waals surface area contributed by atoms with Crippen molar-refractivity contribution in [3.8, 4) is 56.4 Å². The summed E-state index contributed by atoms with van der Waals surface area (Å²) < 4.78 is 15.1. The number of para-hydroxylation sites is 2. The van der Waals surface area contributed by atoms with Crippen molar-refractivity contribution in [1.29, 1.82) is 0 Å². The van der Waals surface area contributed by atoms with Crippen molar-refractivity contribution in [1.82, 2.24) is 15.0 Å². The summed E-state index contributed by atoms with van der Waals surface area (Å²) in [5.74, 6) is 1.95. The first-order valence-electron chi connectivity index (χ1n) is 18.9. The van der Waals surface area contributed by atoms with E-state index in [0.29, 0.717) is 17.5 Å². The van der Waals surface area contributed by atoms with E-state index in [9.17, 15) is 0 Å². The van der Waals surface area contributed by atoms with Crippen LogP contribution in [0.5, 0.6) is 0 Å². The van der Waals surface area contributed by atoms with E-state index in [2.05, 4.69) is 91.0 Å². The summed E-state index contributed by atoms with van der Waals surface area (Å²) in [5, 5.41) is 6.86. The molecule has 0 aliphatic carbocycles. The monoisotopic (exact) mass is 747 g/mol. The molecule has 4 heterocycles. The van der Waals surface area contributed by atoms with Gasteiger partial charge in [0.2, 0.25) is 0 Å². The highest BCUT2D eigenvalue weighted by molar-refractivity contribution is 7.25. The highest BCUT2D eigenvalue weighted by atomic mass is 32.1. The first-order valence-corrected chi connectivity index (χ1v) is 19.7. The second kappa shape index (κ2) is 12.6. The van der Waals surface area contributed by atoms with Crippen LogP contribution >= 0.6 is 11.3 Å². The zero-order valence-corrected chi connectivity index (χ0v) is 31.1. The fourth-order valence-electron chi connectivity index (χ4n) is 8.18. The van der Waals surface area contributed by atoms with Crippen LogP contribution < -0.4 is 0 Å². The van der Waals surface area contributed by atoms with Gasteiger partial charge < -0.3 is 8.83 Å². The summed E-state index contributed by atoms with van der Waals surface area (Å²) in [6.07, 6.45) is 0. The van der Waals surface area contributed by atoms with Gasteiger partial charge in [0.05, 0.1) is 0 Å². The van der Waals surface area contributed by atoms with Crippen LogP contribution in [0.4, 0.5) is 0 Å². The molecule has 57 heavy (non-hydrogen) atoms. The Kier molecular flexibility index (Phi) is 7.03. The minimum Gasteiger partial charge on any atom is -0.456 e. The lowest BCUT2D eigenvalue weighted by Gasteiger charge is -2.09. The summed E-state index contributed by atoms with van der Waals surface area (Å²) in [4.78, 5) is 14.9. The summed E-state index contributed by atoms with van der Waals surface area (Å²) >= 11 is 1.79. The molecule has 0 atom stereocenters. The Bertz CT molecular complexity index is 3470. The van der Waals surface area contributed by atoms with Crippen LogP contribution in [-0.4, -0.2) is 15.0 Å². The van der Waals surface area contributed by atoms with Gasteiger partial charge in [-0.25, -0.2) is 15.0 Å². The van der Waals surface area contributed by atoms with Gasteiger partial charge in [0.25, 0.3) is 0 Å². The average molecular weight is 748 g/mol. The van der Waals surface area contributed by atoms with Crippen LogP contribution in [0.25, 0.3) is 120 Å². The number of thiophene rings is 1. The Labute approximate surface area is 330 Å². The number of fused-ring (bicyclic) bond motifs is 9. The summed E-state index contributed by atoms with van der Waals surface area (Å²) in [6.45, 7) is 0. The molecule has 0 amide bonds. The van der Waals surface area contributed by atoms with Gasteiger partial charge in [-0.15, -0.1) is 11.3 Å². The molecule has 0 bridgehead atoms. The fraction of sp³-hybridized carbons (Fsp3) is 0. The molecule has 6 heteroatoms. The number of hydrogen-bond donors (Lipinski definition) is 0. The maximum Gasteiger partial charge on any atom is 0.164 e. The second-order valence-electron chi connectivity index (χ2n) is 14.4. The highest BCUT2D eigenvalue weighted by Gasteiger charge is 2.18. The molecule has 4 aromatic heterocycles. The smallest absolute Gasteiger partial charge is 0.164 e. The fourth-order valence-corrected chi connectivity index (χ4v) is 9.36. The number of benzene rings is 8. The molecule has 0 aliphatic heterocycles. The Balaban J connectivity index is 0.993. The maximum atomic E-state index is 6.55. The van der Waals surface area contributed by atoms with Crippen molar-refractivity contribution in [2.45, 2.75) is 0 Å². The number of rotatable bonds is 5. The third-order valence-corrected chi connectivity index (χ3v) is 12.0. The van der Waals surface area contributed by atoms with E-state index in [0.717, 1.165) is 82.8 Å². The summed E-state index contributed by atoms with van der Waals surface area (Å²) in [7, 11) is 0. The zero-order chi connectivity index (χ0) is 37.5. The minimum absolute atomic E-state index is 0.649. The van der Waals surface area contributed by atoms with Crippen LogP contribution in [0.3, 0.4) is 0 Å². The molecule has 8 aromatic carbocycles. The molecule has 12 aromatic rings. The van der Waals surface area contributed by atoms with Crippen LogP contribution in [0, 0.1) is 0 Å². The summed E-state index contributed by atoms with van der Waals surface area (Å²) in [6, 6.07) is 61.1. The Hall–Kier alpha value is -7.41. The molecule has 0 aliphatic rings. The third kappa shape index (κ3) is 5.26. The zero-order valence-electron chi connectivity index (χ0n) is 30.3. The van der Waals surface area contributed by atoms with Gasteiger partial charge in [-0.1, -0.05) is 127 Å². The lowest BCUT2D eigenvalue weighted by atomic mass is 9.93. The van der Waals surface area contributed by atoms with Crippen molar-refractivity contribution in [3.05, 3.63) is 176 Å². The molecular formula is C51H29N3O2S. The van der Waals surface area contributed by atoms with E-state index in [1.165, 1.54) is 20.2 Å². The molecule has 5 nitrogen and oxygen atoms in total. The number of furan rings is 2. The Morgan fingerprint density at radius 1 is 0.316 bits per heavy atom. The average Bonchev–Trinajstić information content (AvgIpc) is 3.97. The molecule has 0 N–H and O–H groups in total. The molecule has 0 radical (unpaired) electrons. The van der Waals surface area contributed by atoms with Crippen LogP contribution in [-0.2, 0) is 0 Å². The SMILES string of the molecule is c1ccc(-c2nc(-c3ccccc3)nc(-c3ccc4c(c3)sc3cc(-c5cc(-c6ccc7oc8ccccc8c7c6)c6c(c5)oc5ccccc56)ccc34)n2)cc1. The van der Waals surface area contributed by atoms with Crippen molar-refractivity contribution in [2.24, 2.45) is 0 Å². The van der Waals surface area contributed by atoms with Gasteiger partial charge in [0, 0.05) is 58.4 Å².